The highest BCUT2D eigenvalue weighted by Crippen LogP contribution is 2.36. The Morgan fingerprint density at radius 2 is 1.64 bits per heavy atom. The maximum absolute atomic E-state index is 12.7. The average molecular weight is 355 g/mol. The monoisotopic (exact) mass is 355 g/mol. The summed E-state index contributed by atoms with van der Waals surface area (Å²) in [5.41, 5.74) is 0.858. The van der Waals surface area contributed by atoms with Crippen molar-refractivity contribution in [1.82, 2.24) is 5.32 Å². The van der Waals surface area contributed by atoms with Gasteiger partial charge >= 0.3 is 5.97 Å². The fraction of sp³-hybridized carbons (Fsp3) is 0.300. The first-order valence-corrected chi connectivity index (χ1v) is 9.29. The molecule has 0 heterocycles. The Morgan fingerprint density at radius 3 is 2.24 bits per heavy atom. The van der Waals surface area contributed by atoms with Crippen molar-refractivity contribution >= 4 is 23.6 Å². The van der Waals surface area contributed by atoms with Crippen molar-refractivity contribution in [3.05, 3.63) is 66.2 Å². The summed E-state index contributed by atoms with van der Waals surface area (Å²) in [6, 6.07) is 19.5. The number of rotatable bonds is 7. The highest BCUT2D eigenvalue weighted by molar-refractivity contribution is 8.00. The summed E-state index contributed by atoms with van der Waals surface area (Å²) in [7, 11) is 0. The van der Waals surface area contributed by atoms with E-state index in [9.17, 15) is 9.59 Å². The summed E-state index contributed by atoms with van der Waals surface area (Å²) in [5, 5.41) is 2.35. The van der Waals surface area contributed by atoms with Crippen LogP contribution >= 0.6 is 11.8 Å². The Balaban J connectivity index is 1.71. The number of nitrogens with one attached hydrogen (secondary N) is 1. The molecule has 0 spiro atoms. The van der Waals surface area contributed by atoms with Crippen molar-refractivity contribution < 1.29 is 14.3 Å². The third kappa shape index (κ3) is 5.10. The van der Waals surface area contributed by atoms with Gasteiger partial charge in [0.15, 0.2) is 6.10 Å². The largest absolute Gasteiger partial charge is 0.451 e. The van der Waals surface area contributed by atoms with Crippen molar-refractivity contribution in [1.29, 1.82) is 0 Å². The van der Waals surface area contributed by atoms with Gasteiger partial charge in [-0.05, 0) is 37.5 Å². The van der Waals surface area contributed by atoms with E-state index < -0.39 is 17.3 Å². The topological polar surface area (TPSA) is 55.4 Å². The predicted octanol–water partition coefficient (Wildman–Crippen LogP) is 3.73. The molecule has 2 atom stereocenters. The zero-order valence-corrected chi connectivity index (χ0v) is 14.9. The van der Waals surface area contributed by atoms with Crippen LogP contribution in [0.3, 0.4) is 0 Å². The van der Waals surface area contributed by atoms with Crippen LogP contribution in [0.15, 0.2) is 65.6 Å². The van der Waals surface area contributed by atoms with E-state index in [0.29, 0.717) is 0 Å². The molecular formula is C20H21NO3S. The molecule has 0 unspecified atom stereocenters. The molecule has 130 valence electrons. The molecule has 1 N–H and O–H groups in total. The number of hydrogen-bond donors (Lipinski definition) is 1. The lowest BCUT2D eigenvalue weighted by Gasteiger charge is -2.19. The first kappa shape index (κ1) is 17.5. The van der Waals surface area contributed by atoms with Crippen LogP contribution in [-0.2, 0) is 14.3 Å². The van der Waals surface area contributed by atoms with Crippen molar-refractivity contribution in [2.24, 2.45) is 0 Å². The number of amides is 1. The predicted molar refractivity (Wildman–Crippen MR) is 98.2 cm³/mol. The fourth-order valence-electron chi connectivity index (χ4n) is 2.35. The van der Waals surface area contributed by atoms with Gasteiger partial charge in [0, 0.05) is 10.9 Å². The Bertz CT molecular complexity index is 716. The van der Waals surface area contributed by atoms with E-state index >= 15 is 0 Å². The maximum Gasteiger partial charge on any atom is 0.324 e. The number of carbonyl (C=O) groups excluding carboxylic acids is 2. The molecule has 25 heavy (non-hydrogen) atoms. The Hall–Kier alpha value is -2.27. The summed E-state index contributed by atoms with van der Waals surface area (Å²) in [6.45, 7) is 1.62. The normalized spacial score (nSPS) is 15.9. The van der Waals surface area contributed by atoms with E-state index in [-0.39, 0.29) is 11.9 Å². The minimum atomic E-state index is -0.796. The number of hydrogen-bond acceptors (Lipinski definition) is 4. The summed E-state index contributed by atoms with van der Waals surface area (Å²) in [5.74, 6) is -0.633. The molecule has 0 aliphatic heterocycles. The first-order valence-electron chi connectivity index (χ1n) is 8.41. The minimum Gasteiger partial charge on any atom is -0.451 e. The molecule has 5 heteroatoms. The molecular weight excluding hydrogens is 334 g/mol. The molecule has 1 amide bonds. The van der Waals surface area contributed by atoms with Gasteiger partial charge in [0.2, 0.25) is 0 Å². The molecule has 0 bridgehead atoms. The van der Waals surface area contributed by atoms with Crippen molar-refractivity contribution in [2.45, 2.75) is 42.1 Å². The molecule has 1 fully saturated rings. The van der Waals surface area contributed by atoms with E-state index in [1.165, 1.54) is 11.8 Å². The van der Waals surface area contributed by atoms with Gasteiger partial charge < -0.3 is 10.1 Å². The van der Waals surface area contributed by atoms with Gasteiger partial charge in [-0.1, -0.05) is 48.5 Å². The summed E-state index contributed by atoms with van der Waals surface area (Å²) < 4.78 is 5.46. The summed E-state index contributed by atoms with van der Waals surface area (Å²) >= 11 is 1.42. The molecule has 4 nitrogen and oxygen atoms in total. The van der Waals surface area contributed by atoms with Gasteiger partial charge in [-0.25, -0.2) is 0 Å². The van der Waals surface area contributed by atoms with E-state index in [4.69, 9.17) is 4.74 Å². The summed E-state index contributed by atoms with van der Waals surface area (Å²) in [6.07, 6.45) is 1.21. The van der Waals surface area contributed by atoms with E-state index in [1.54, 1.807) is 6.92 Å². The van der Waals surface area contributed by atoms with Crippen LogP contribution in [0.25, 0.3) is 0 Å². The van der Waals surface area contributed by atoms with Gasteiger partial charge in [-0.2, -0.15) is 0 Å². The van der Waals surface area contributed by atoms with Gasteiger partial charge in [0.05, 0.1) is 0 Å². The summed E-state index contributed by atoms with van der Waals surface area (Å²) in [4.78, 5) is 25.8. The van der Waals surface area contributed by atoms with Crippen molar-refractivity contribution in [3.63, 3.8) is 0 Å². The minimum absolute atomic E-state index is 0.229. The van der Waals surface area contributed by atoms with Crippen LogP contribution in [-0.4, -0.2) is 24.0 Å². The zero-order chi connectivity index (χ0) is 17.6. The molecule has 2 aromatic carbocycles. The van der Waals surface area contributed by atoms with Gasteiger partial charge in [0.1, 0.15) is 5.25 Å². The van der Waals surface area contributed by atoms with E-state index in [1.807, 2.05) is 60.7 Å². The highest BCUT2D eigenvalue weighted by Gasteiger charge is 2.30. The molecule has 1 aliphatic carbocycles. The lowest BCUT2D eigenvalue weighted by Crippen LogP contribution is -2.37. The van der Waals surface area contributed by atoms with Crippen LogP contribution < -0.4 is 5.32 Å². The Labute approximate surface area is 152 Å². The second kappa shape index (κ2) is 8.21. The van der Waals surface area contributed by atoms with Crippen molar-refractivity contribution in [3.8, 4) is 0 Å². The highest BCUT2D eigenvalue weighted by atomic mass is 32.2. The van der Waals surface area contributed by atoms with E-state index in [0.717, 1.165) is 23.3 Å². The third-order valence-electron chi connectivity index (χ3n) is 3.90. The standard InChI is InChI=1S/C20H21NO3S/c1-14(19(22)21-16-12-13-16)24-20(23)18(15-8-4-2-5-9-15)25-17-10-6-3-7-11-17/h2-11,14,16,18H,12-13H2,1H3,(H,21,22)/t14-,18-/m1/s1. The molecule has 1 aliphatic rings. The molecule has 1 saturated carbocycles. The number of benzene rings is 2. The Morgan fingerprint density at radius 1 is 1.04 bits per heavy atom. The molecule has 0 saturated heterocycles. The number of ether oxygens (including phenoxy) is 1. The second-order valence-corrected chi connectivity index (χ2v) is 7.26. The quantitative estimate of drug-likeness (QED) is 0.607. The number of esters is 1. The van der Waals surface area contributed by atoms with Crippen LogP contribution in [0.4, 0.5) is 0 Å². The van der Waals surface area contributed by atoms with Gasteiger partial charge in [0.25, 0.3) is 5.91 Å². The van der Waals surface area contributed by atoms with Crippen molar-refractivity contribution in [2.75, 3.05) is 0 Å². The third-order valence-corrected chi connectivity index (χ3v) is 5.14. The molecule has 0 radical (unpaired) electrons. The zero-order valence-electron chi connectivity index (χ0n) is 14.1. The lowest BCUT2D eigenvalue weighted by atomic mass is 10.1. The van der Waals surface area contributed by atoms with Crippen LogP contribution in [0.2, 0.25) is 0 Å². The van der Waals surface area contributed by atoms with Crippen LogP contribution in [0.1, 0.15) is 30.6 Å². The lowest BCUT2D eigenvalue weighted by molar-refractivity contribution is -0.154. The van der Waals surface area contributed by atoms with E-state index in [2.05, 4.69) is 5.32 Å². The first-order chi connectivity index (χ1) is 12.1. The number of thioether (sulfide) groups is 1. The van der Waals surface area contributed by atoms with Crippen LogP contribution in [0, 0.1) is 0 Å². The van der Waals surface area contributed by atoms with Gasteiger partial charge in [-0.3, -0.25) is 9.59 Å². The fourth-order valence-corrected chi connectivity index (χ4v) is 3.38. The molecule has 3 rings (SSSR count). The Kier molecular flexibility index (Phi) is 5.76. The molecule has 0 aromatic heterocycles. The SMILES string of the molecule is C[C@@H](OC(=O)[C@H](Sc1ccccc1)c1ccccc1)C(=O)NC1CC1. The smallest absolute Gasteiger partial charge is 0.324 e. The van der Waals surface area contributed by atoms with Crippen LogP contribution in [0.5, 0.6) is 0 Å². The maximum atomic E-state index is 12.7. The average Bonchev–Trinajstić information content (AvgIpc) is 3.45. The van der Waals surface area contributed by atoms with Gasteiger partial charge in [-0.15, -0.1) is 11.8 Å². The second-order valence-electron chi connectivity index (χ2n) is 6.08. The number of carbonyl (C=O) groups is 2. The molecule has 2 aromatic rings.